The molecule has 0 amide bonds. The van der Waals surface area contributed by atoms with Gasteiger partial charge in [0.2, 0.25) is 0 Å². The predicted octanol–water partition coefficient (Wildman–Crippen LogP) is 2.91. The van der Waals surface area contributed by atoms with Crippen LogP contribution in [0.1, 0.15) is 5.56 Å². The molecule has 0 aliphatic heterocycles. The zero-order chi connectivity index (χ0) is 12.4. The number of halogens is 1. The van der Waals surface area contributed by atoms with Crippen molar-refractivity contribution in [1.29, 1.82) is 0 Å². The van der Waals surface area contributed by atoms with Crippen molar-refractivity contribution in [2.75, 3.05) is 5.23 Å². The SMILES string of the molecule is Cc1cc(-c2cccc(N([O-])O)c2)nnc1Br. The molecule has 17 heavy (non-hydrogen) atoms. The van der Waals surface area contributed by atoms with Crippen LogP contribution in [0.25, 0.3) is 11.3 Å². The molecule has 6 heteroatoms. The second kappa shape index (κ2) is 4.79. The highest BCUT2D eigenvalue weighted by Crippen LogP contribution is 2.24. The van der Waals surface area contributed by atoms with Crippen molar-refractivity contribution in [2.24, 2.45) is 0 Å². The maximum atomic E-state index is 10.8. The number of aryl methyl sites for hydroxylation is 1. The van der Waals surface area contributed by atoms with Crippen molar-refractivity contribution in [3.05, 3.63) is 45.7 Å². The van der Waals surface area contributed by atoms with E-state index in [0.29, 0.717) is 10.3 Å². The summed E-state index contributed by atoms with van der Waals surface area (Å²) in [4.78, 5) is 0. The highest BCUT2D eigenvalue weighted by Gasteiger charge is 2.04. The highest BCUT2D eigenvalue weighted by atomic mass is 79.9. The Morgan fingerprint density at radius 1 is 1.29 bits per heavy atom. The molecule has 1 heterocycles. The Morgan fingerprint density at radius 2 is 2.06 bits per heavy atom. The number of anilines is 1. The fraction of sp³-hybridized carbons (Fsp3) is 0.0909. The maximum Gasteiger partial charge on any atom is 0.131 e. The minimum absolute atomic E-state index is 0.157. The molecule has 0 saturated carbocycles. The Balaban J connectivity index is 2.45. The summed E-state index contributed by atoms with van der Waals surface area (Å²) in [6, 6.07) is 8.37. The van der Waals surface area contributed by atoms with E-state index in [1.165, 1.54) is 6.07 Å². The van der Waals surface area contributed by atoms with Gasteiger partial charge in [0.25, 0.3) is 0 Å². The van der Waals surface area contributed by atoms with Crippen molar-refractivity contribution < 1.29 is 5.21 Å². The lowest BCUT2D eigenvalue weighted by atomic mass is 10.1. The van der Waals surface area contributed by atoms with Crippen molar-refractivity contribution in [2.45, 2.75) is 6.92 Å². The molecule has 0 radical (unpaired) electrons. The zero-order valence-corrected chi connectivity index (χ0v) is 10.5. The van der Waals surface area contributed by atoms with Gasteiger partial charge in [-0.25, -0.2) is 0 Å². The third-order valence-corrected chi connectivity index (χ3v) is 3.07. The topological polar surface area (TPSA) is 72.3 Å². The molecular formula is C11H9BrN3O2-. The molecule has 0 fully saturated rings. The van der Waals surface area contributed by atoms with Crippen LogP contribution in [0.5, 0.6) is 0 Å². The Hall–Kier alpha value is -1.50. The van der Waals surface area contributed by atoms with Gasteiger partial charge in [0.15, 0.2) is 0 Å². The van der Waals surface area contributed by atoms with E-state index in [1.807, 2.05) is 13.0 Å². The molecule has 1 aromatic carbocycles. The van der Waals surface area contributed by atoms with Crippen LogP contribution in [-0.4, -0.2) is 15.4 Å². The van der Waals surface area contributed by atoms with Crippen molar-refractivity contribution >= 4 is 21.6 Å². The zero-order valence-electron chi connectivity index (χ0n) is 8.96. The Kier molecular flexibility index (Phi) is 3.37. The second-order valence-corrected chi connectivity index (χ2v) is 4.28. The monoisotopic (exact) mass is 294 g/mol. The molecule has 5 nitrogen and oxygen atoms in total. The average molecular weight is 295 g/mol. The molecule has 0 saturated heterocycles. The summed E-state index contributed by atoms with van der Waals surface area (Å²) < 4.78 is 0.685. The molecule has 2 rings (SSSR count). The maximum absolute atomic E-state index is 10.8. The van der Waals surface area contributed by atoms with Crippen LogP contribution in [0.4, 0.5) is 5.69 Å². The van der Waals surface area contributed by atoms with Crippen LogP contribution in [0.15, 0.2) is 34.9 Å². The van der Waals surface area contributed by atoms with Gasteiger partial charge >= 0.3 is 0 Å². The molecule has 0 atom stereocenters. The molecule has 0 aliphatic rings. The molecule has 88 valence electrons. The van der Waals surface area contributed by atoms with Crippen molar-refractivity contribution in [3.8, 4) is 11.3 Å². The lowest BCUT2D eigenvalue weighted by Crippen LogP contribution is -2.06. The Labute approximate surface area is 106 Å². The predicted molar refractivity (Wildman–Crippen MR) is 67.5 cm³/mol. The number of hydrogen-bond acceptors (Lipinski definition) is 5. The van der Waals surface area contributed by atoms with E-state index in [2.05, 4.69) is 26.1 Å². The smallest absolute Gasteiger partial charge is 0.131 e. The van der Waals surface area contributed by atoms with E-state index in [9.17, 15) is 5.21 Å². The lowest BCUT2D eigenvalue weighted by Gasteiger charge is -2.21. The highest BCUT2D eigenvalue weighted by molar-refractivity contribution is 9.10. The first-order valence-corrected chi connectivity index (χ1v) is 5.63. The molecule has 1 N–H and O–H groups in total. The number of nitrogens with zero attached hydrogens (tertiary/aromatic N) is 3. The van der Waals surface area contributed by atoms with E-state index in [4.69, 9.17) is 5.21 Å². The summed E-state index contributed by atoms with van der Waals surface area (Å²) >= 11 is 3.27. The first-order chi connectivity index (χ1) is 8.08. The summed E-state index contributed by atoms with van der Waals surface area (Å²) in [7, 11) is 0. The van der Waals surface area contributed by atoms with Gasteiger partial charge in [-0.2, -0.15) is 0 Å². The van der Waals surface area contributed by atoms with Crippen LogP contribution >= 0.6 is 15.9 Å². The molecule has 0 spiro atoms. The normalized spacial score (nSPS) is 10.4. The number of rotatable bonds is 2. The Morgan fingerprint density at radius 3 is 2.71 bits per heavy atom. The van der Waals surface area contributed by atoms with Gasteiger partial charge in [-0.05, 0) is 46.6 Å². The molecule has 0 aliphatic carbocycles. The number of benzene rings is 1. The van der Waals surface area contributed by atoms with Crippen LogP contribution in [-0.2, 0) is 0 Å². The van der Waals surface area contributed by atoms with Gasteiger partial charge in [0, 0.05) is 5.56 Å². The van der Waals surface area contributed by atoms with Gasteiger partial charge in [0.05, 0.1) is 11.4 Å². The minimum Gasteiger partial charge on any atom is -0.733 e. The number of aromatic nitrogens is 2. The quantitative estimate of drug-likeness (QED) is 0.862. The van der Waals surface area contributed by atoms with Crippen LogP contribution < -0.4 is 5.23 Å². The van der Waals surface area contributed by atoms with Gasteiger partial charge < -0.3 is 10.4 Å². The Bertz CT molecular complexity index is 546. The van der Waals surface area contributed by atoms with E-state index in [0.717, 1.165) is 11.1 Å². The van der Waals surface area contributed by atoms with Crippen molar-refractivity contribution in [3.63, 3.8) is 0 Å². The van der Waals surface area contributed by atoms with Crippen molar-refractivity contribution in [1.82, 2.24) is 10.2 Å². The molecular weight excluding hydrogens is 286 g/mol. The third-order valence-electron chi connectivity index (χ3n) is 2.29. The van der Waals surface area contributed by atoms with E-state index < -0.39 is 0 Å². The van der Waals surface area contributed by atoms with Gasteiger partial charge in [-0.15, -0.1) is 10.2 Å². The fourth-order valence-corrected chi connectivity index (χ4v) is 1.59. The molecule has 2 aromatic rings. The summed E-state index contributed by atoms with van der Waals surface area (Å²) in [6.07, 6.45) is 0. The summed E-state index contributed by atoms with van der Waals surface area (Å²) in [6.45, 7) is 1.90. The first-order valence-electron chi connectivity index (χ1n) is 4.84. The van der Waals surface area contributed by atoms with E-state index in [1.54, 1.807) is 18.2 Å². The van der Waals surface area contributed by atoms with Crippen LogP contribution in [0.3, 0.4) is 0 Å². The van der Waals surface area contributed by atoms with Crippen LogP contribution in [0, 0.1) is 12.1 Å². The average Bonchev–Trinajstić information content (AvgIpc) is 2.33. The molecule has 1 aromatic heterocycles. The second-order valence-electron chi connectivity index (χ2n) is 3.53. The van der Waals surface area contributed by atoms with Gasteiger partial charge in [0.1, 0.15) is 4.60 Å². The summed E-state index contributed by atoms with van der Waals surface area (Å²) in [5.41, 5.74) is 2.48. The number of hydrogen-bond donors (Lipinski definition) is 1. The molecule has 0 unspecified atom stereocenters. The first kappa shape index (κ1) is 12.0. The van der Waals surface area contributed by atoms with E-state index >= 15 is 0 Å². The van der Waals surface area contributed by atoms with Crippen LogP contribution in [0.2, 0.25) is 0 Å². The standard InChI is InChI=1S/C11H9BrN3O2/c1-7-5-10(13-14-11(7)12)8-3-2-4-9(6-8)15(16)17/h2-6,16H,1H3/q-1. The minimum atomic E-state index is -0.178. The third kappa shape index (κ3) is 2.60. The van der Waals surface area contributed by atoms with Gasteiger partial charge in [-0.1, -0.05) is 12.1 Å². The fourth-order valence-electron chi connectivity index (χ4n) is 1.40. The largest absolute Gasteiger partial charge is 0.733 e. The summed E-state index contributed by atoms with van der Waals surface area (Å²) in [5.74, 6) is 0. The van der Waals surface area contributed by atoms with Gasteiger partial charge in [-0.3, -0.25) is 5.21 Å². The summed E-state index contributed by atoms with van der Waals surface area (Å²) in [5, 5.41) is 27.4. The molecule has 0 bridgehead atoms. The lowest BCUT2D eigenvalue weighted by molar-refractivity contribution is 0.296. The van der Waals surface area contributed by atoms with E-state index in [-0.39, 0.29) is 10.9 Å².